The normalized spacial score (nSPS) is 14.1. The number of nitrogens with two attached hydrogens (primary N) is 1. The zero-order chi connectivity index (χ0) is 14.7. The maximum absolute atomic E-state index is 11.4. The van der Waals surface area contributed by atoms with Crippen LogP contribution in [0.1, 0.15) is 6.92 Å². The number of ether oxygens (including phenoxy) is 1. The minimum Gasteiger partial charge on any atom is -0.493 e. The summed E-state index contributed by atoms with van der Waals surface area (Å²) in [6.45, 7) is 1.83. The highest BCUT2D eigenvalue weighted by molar-refractivity contribution is 7.90. The van der Waals surface area contributed by atoms with Crippen molar-refractivity contribution in [3.63, 3.8) is 0 Å². The van der Waals surface area contributed by atoms with Crippen LogP contribution in [0.3, 0.4) is 0 Å². The van der Waals surface area contributed by atoms with Crippen LogP contribution in [0, 0.1) is 5.92 Å². The maximum atomic E-state index is 11.4. The molecule has 1 atom stereocenters. The molecular formula is C11H17NO5S2. The lowest BCUT2D eigenvalue weighted by Gasteiger charge is -2.12. The Morgan fingerprint density at radius 2 is 1.89 bits per heavy atom. The van der Waals surface area contributed by atoms with Gasteiger partial charge in [-0.2, -0.15) is 0 Å². The second-order valence-corrected chi connectivity index (χ2v) is 8.17. The number of rotatable bonds is 6. The quantitative estimate of drug-likeness (QED) is 0.819. The van der Waals surface area contributed by atoms with Gasteiger partial charge in [-0.15, -0.1) is 0 Å². The van der Waals surface area contributed by atoms with Crippen molar-refractivity contribution in [1.82, 2.24) is 0 Å². The molecule has 1 aromatic carbocycles. The van der Waals surface area contributed by atoms with Crippen molar-refractivity contribution in [2.24, 2.45) is 11.1 Å². The number of sulfone groups is 1. The van der Waals surface area contributed by atoms with Gasteiger partial charge in [0.15, 0.2) is 9.84 Å². The first-order valence-electron chi connectivity index (χ1n) is 5.51. The van der Waals surface area contributed by atoms with Crippen molar-refractivity contribution in [3.05, 3.63) is 24.3 Å². The van der Waals surface area contributed by atoms with E-state index < -0.39 is 19.9 Å². The Kier molecular flexibility index (Phi) is 4.94. The van der Waals surface area contributed by atoms with E-state index in [1.54, 1.807) is 19.1 Å². The van der Waals surface area contributed by atoms with Gasteiger partial charge in [0.05, 0.1) is 17.3 Å². The van der Waals surface area contributed by atoms with Gasteiger partial charge >= 0.3 is 0 Å². The Morgan fingerprint density at radius 1 is 1.26 bits per heavy atom. The van der Waals surface area contributed by atoms with Crippen molar-refractivity contribution in [3.8, 4) is 5.75 Å². The van der Waals surface area contributed by atoms with Crippen LogP contribution in [0.2, 0.25) is 0 Å². The molecule has 108 valence electrons. The summed E-state index contributed by atoms with van der Waals surface area (Å²) in [7, 11) is -6.82. The van der Waals surface area contributed by atoms with Crippen molar-refractivity contribution in [2.75, 3.05) is 18.6 Å². The minimum absolute atomic E-state index is 0.143. The van der Waals surface area contributed by atoms with E-state index in [9.17, 15) is 16.8 Å². The van der Waals surface area contributed by atoms with E-state index in [0.29, 0.717) is 5.75 Å². The van der Waals surface area contributed by atoms with Crippen LogP contribution in [-0.2, 0) is 19.9 Å². The highest BCUT2D eigenvalue weighted by atomic mass is 32.2. The summed E-state index contributed by atoms with van der Waals surface area (Å²) in [5.41, 5.74) is 0. The molecule has 0 fully saturated rings. The molecule has 0 bridgehead atoms. The van der Waals surface area contributed by atoms with Crippen LogP contribution in [0.15, 0.2) is 29.2 Å². The molecule has 0 radical (unpaired) electrons. The van der Waals surface area contributed by atoms with E-state index in [2.05, 4.69) is 0 Å². The standard InChI is InChI=1S/C11H17NO5S2/c1-9(8-19(12,15)16)7-17-10-4-3-5-11(6-10)18(2,13)14/h3-6,9H,7-8H2,1-2H3,(H2,12,15,16). The Morgan fingerprint density at radius 3 is 2.42 bits per heavy atom. The first-order valence-corrected chi connectivity index (χ1v) is 9.12. The first-order chi connectivity index (χ1) is 8.58. The van der Waals surface area contributed by atoms with E-state index in [0.717, 1.165) is 6.26 Å². The predicted molar refractivity (Wildman–Crippen MR) is 72.2 cm³/mol. The Hall–Kier alpha value is -1.12. The summed E-state index contributed by atoms with van der Waals surface area (Å²) >= 11 is 0. The van der Waals surface area contributed by atoms with Crippen molar-refractivity contribution < 1.29 is 21.6 Å². The number of benzene rings is 1. The average molecular weight is 307 g/mol. The van der Waals surface area contributed by atoms with Gasteiger partial charge in [-0.3, -0.25) is 0 Å². The second kappa shape index (κ2) is 5.89. The largest absolute Gasteiger partial charge is 0.493 e. The van der Waals surface area contributed by atoms with Crippen LogP contribution in [0.5, 0.6) is 5.75 Å². The van der Waals surface area contributed by atoms with Crippen LogP contribution >= 0.6 is 0 Å². The van der Waals surface area contributed by atoms with Crippen LogP contribution < -0.4 is 9.88 Å². The van der Waals surface area contributed by atoms with E-state index >= 15 is 0 Å². The molecule has 0 aliphatic rings. The molecule has 19 heavy (non-hydrogen) atoms. The zero-order valence-corrected chi connectivity index (χ0v) is 12.4. The summed E-state index contributed by atoms with van der Waals surface area (Å²) < 4.78 is 49.8. The van der Waals surface area contributed by atoms with Gasteiger partial charge in [-0.05, 0) is 18.2 Å². The molecule has 2 N–H and O–H groups in total. The number of primary sulfonamides is 1. The van der Waals surface area contributed by atoms with Gasteiger partial charge in [-0.1, -0.05) is 13.0 Å². The maximum Gasteiger partial charge on any atom is 0.209 e. The van der Waals surface area contributed by atoms with Gasteiger partial charge in [-0.25, -0.2) is 22.0 Å². The fourth-order valence-corrected chi connectivity index (χ4v) is 3.02. The molecular weight excluding hydrogens is 290 g/mol. The fraction of sp³-hybridized carbons (Fsp3) is 0.455. The molecule has 8 heteroatoms. The third-order valence-corrected chi connectivity index (χ3v) is 4.43. The lowest BCUT2D eigenvalue weighted by Crippen LogP contribution is -2.25. The van der Waals surface area contributed by atoms with Crippen LogP contribution in [0.25, 0.3) is 0 Å². The monoisotopic (exact) mass is 307 g/mol. The Labute approximate surface area is 113 Å². The summed E-state index contributed by atoms with van der Waals surface area (Å²) in [5.74, 6) is -0.0836. The molecule has 0 heterocycles. The molecule has 1 unspecified atom stereocenters. The van der Waals surface area contributed by atoms with E-state index in [1.807, 2.05) is 0 Å². The Balaban J connectivity index is 2.69. The van der Waals surface area contributed by atoms with Gasteiger partial charge in [0.2, 0.25) is 10.0 Å². The SMILES string of the molecule is CC(COc1cccc(S(C)(=O)=O)c1)CS(N)(=O)=O. The average Bonchev–Trinajstić information content (AvgIpc) is 2.23. The third-order valence-electron chi connectivity index (χ3n) is 2.28. The molecule has 0 spiro atoms. The van der Waals surface area contributed by atoms with E-state index in [-0.39, 0.29) is 23.2 Å². The van der Waals surface area contributed by atoms with Gasteiger partial charge in [0, 0.05) is 12.2 Å². The lowest BCUT2D eigenvalue weighted by atomic mass is 10.2. The molecule has 0 aliphatic carbocycles. The minimum atomic E-state index is -3.54. The van der Waals surface area contributed by atoms with Crippen LogP contribution in [-0.4, -0.2) is 35.5 Å². The molecule has 0 saturated carbocycles. The number of sulfonamides is 1. The Bertz CT molecular complexity index is 637. The number of hydrogen-bond acceptors (Lipinski definition) is 5. The predicted octanol–water partition coefficient (Wildman–Crippen LogP) is 0.394. The molecule has 0 amide bonds. The van der Waals surface area contributed by atoms with Gasteiger partial charge in [0.1, 0.15) is 5.75 Å². The molecule has 6 nitrogen and oxygen atoms in total. The van der Waals surface area contributed by atoms with Crippen LogP contribution in [0.4, 0.5) is 0 Å². The molecule has 1 rings (SSSR count). The second-order valence-electron chi connectivity index (χ2n) is 4.49. The molecule has 0 saturated heterocycles. The molecule has 0 aromatic heterocycles. The molecule has 0 aliphatic heterocycles. The van der Waals surface area contributed by atoms with Gasteiger partial charge < -0.3 is 4.74 Å². The smallest absolute Gasteiger partial charge is 0.209 e. The van der Waals surface area contributed by atoms with Crippen molar-refractivity contribution in [2.45, 2.75) is 11.8 Å². The summed E-state index contributed by atoms with van der Waals surface area (Å²) in [4.78, 5) is 0.157. The van der Waals surface area contributed by atoms with E-state index in [4.69, 9.17) is 9.88 Å². The van der Waals surface area contributed by atoms with E-state index in [1.165, 1.54) is 12.1 Å². The van der Waals surface area contributed by atoms with Crippen molar-refractivity contribution in [1.29, 1.82) is 0 Å². The fourth-order valence-electron chi connectivity index (χ4n) is 1.48. The first kappa shape index (κ1) is 15.9. The van der Waals surface area contributed by atoms with Crippen molar-refractivity contribution >= 4 is 19.9 Å². The highest BCUT2D eigenvalue weighted by Crippen LogP contribution is 2.18. The summed E-state index contributed by atoms with van der Waals surface area (Å²) in [5, 5.41) is 4.92. The lowest BCUT2D eigenvalue weighted by molar-refractivity contribution is 0.271. The van der Waals surface area contributed by atoms with Gasteiger partial charge in [0.25, 0.3) is 0 Å². The summed E-state index contributed by atoms with van der Waals surface area (Å²) in [6, 6.07) is 6.05. The number of hydrogen-bond donors (Lipinski definition) is 1. The zero-order valence-electron chi connectivity index (χ0n) is 10.7. The topological polar surface area (TPSA) is 104 Å². The highest BCUT2D eigenvalue weighted by Gasteiger charge is 2.13. The third kappa shape index (κ3) is 6.04. The molecule has 1 aromatic rings. The summed E-state index contributed by atoms with van der Waals surface area (Å²) in [6.07, 6.45) is 1.11.